The quantitative estimate of drug-likeness (QED) is 0.675. The number of Topliss-reactive ketones (excluding diaryl/α,β-unsaturated/α-hetero) is 1. The second-order valence-electron chi connectivity index (χ2n) is 5.13. The Hall–Kier alpha value is -0.860. The first-order valence-corrected chi connectivity index (χ1v) is 5.58. The number of carbonyl (C=O) groups excluding carboxylic acids is 2. The standard InChI is InChI=1S/C12H20O3/c1-5-11(2,3)10(14)15-12(4)8-6-7-9(12)13/h5-8H2,1-4H3. The molecule has 1 saturated carbocycles. The van der Waals surface area contributed by atoms with Gasteiger partial charge in [-0.2, -0.15) is 0 Å². The van der Waals surface area contributed by atoms with Gasteiger partial charge in [0.1, 0.15) is 0 Å². The number of hydrogen-bond acceptors (Lipinski definition) is 3. The molecule has 1 rings (SSSR count). The number of hydrogen-bond donors (Lipinski definition) is 0. The van der Waals surface area contributed by atoms with Gasteiger partial charge in [0, 0.05) is 6.42 Å². The van der Waals surface area contributed by atoms with Gasteiger partial charge >= 0.3 is 5.97 Å². The molecule has 0 aromatic heterocycles. The zero-order chi connectivity index (χ0) is 11.7. The minimum absolute atomic E-state index is 0.0581. The van der Waals surface area contributed by atoms with Gasteiger partial charge in [0.05, 0.1) is 5.41 Å². The smallest absolute Gasteiger partial charge is 0.312 e. The lowest BCUT2D eigenvalue weighted by atomic mass is 9.90. The molecule has 0 aromatic carbocycles. The molecule has 1 unspecified atom stereocenters. The Morgan fingerprint density at radius 2 is 2.13 bits per heavy atom. The van der Waals surface area contributed by atoms with Crippen LogP contribution in [-0.4, -0.2) is 17.4 Å². The number of ether oxygens (including phenoxy) is 1. The maximum Gasteiger partial charge on any atom is 0.312 e. The molecule has 15 heavy (non-hydrogen) atoms. The van der Waals surface area contributed by atoms with E-state index in [0.717, 1.165) is 12.8 Å². The molecule has 1 aliphatic rings. The van der Waals surface area contributed by atoms with E-state index in [1.54, 1.807) is 6.92 Å². The van der Waals surface area contributed by atoms with Gasteiger partial charge in [0.2, 0.25) is 0 Å². The van der Waals surface area contributed by atoms with E-state index in [0.29, 0.717) is 12.8 Å². The summed E-state index contributed by atoms with van der Waals surface area (Å²) in [5.74, 6) is -0.203. The van der Waals surface area contributed by atoms with Crippen molar-refractivity contribution in [1.29, 1.82) is 0 Å². The number of esters is 1. The molecule has 0 N–H and O–H groups in total. The van der Waals surface area contributed by atoms with E-state index in [-0.39, 0.29) is 11.8 Å². The van der Waals surface area contributed by atoms with Crippen molar-refractivity contribution in [2.24, 2.45) is 5.41 Å². The van der Waals surface area contributed by atoms with Gasteiger partial charge in [-0.1, -0.05) is 6.92 Å². The maximum absolute atomic E-state index is 11.8. The molecule has 0 bridgehead atoms. The Morgan fingerprint density at radius 3 is 2.53 bits per heavy atom. The fourth-order valence-electron chi connectivity index (χ4n) is 1.59. The molecule has 0 aliphatic heterocycles. The molecule has 3 nitrogen and oxygen atoms in total. The molecular formula is C12H20O3. The molecule has 0 radical (unpaired) electrons. The number of rotatable bonds is 3. The summed E-state index contributed by atoms with van der Waals surface area (Å²) in [4.78, 5) is 23.4. The second-order valence-corrected chi connectivity index (χ2v) is 5.13. The van der Waals surface area contributed by atoms with Crippen LogP contribution in [0.15, 0.2) is 0 Å². The summed E-state index contributed by atoms with van der Waals surface area (Å²) >= 11 is 0. The third-order valence-corrected chi connectivity index (χ3v) is 3.40. The van der Waals surface area contributed by atoms with E-state index in [2.05, 4.69) is 0 Å². The SMILES string of the molecule is CCC(C)(C)C(=O)OC1(C)CCCC1=O. The lowest BCUT2D eigenvalue weighted by Crippen LogP contribution is -2.40. The third-order valence-electron chi connectivity index (χ3n) is 3.40. The zero-order valence-corrected chi connectivity index (χ0v) is 10.1. The Kier molecular flexibility index (Phi) is 3.22. The van der Waals surface area contributed by atoms with Gasteiger partial charge in [0.25, 0.3) is 0 Å². The van der Waals surface area contributed by atoms with E-state index in [1.165, 1.54) is 0 Å². The highest BCUT2D eigenvalue weighted by molar-refractivity contribution is 5.91. The summed E-state index contributed by atoms with van der Waals surface area (Å²) in [6.45, 7) is 7.36. The van der Waals surface area contributed by atoms with Crippen molar-refractivity contribution in [1.82, 2.24) is 0 Å². The van der Waals surface area contributed by atoms with Gasteiger partial charge in [-0.25, -0.2) is 0 Å². The summed E-state index contributed by atoms with van der Waals surface area (Å²) in [6.07, 6.45) is 2.75. The molecule has 86 valence electrons. The first kappa shape index (κ1) is 12.2. The van der Waals surface area contributed by atoms with Crippen LogP contribution in [0.2, 0.25) is 0 Å². The normalized spacial score (nSPS) is 26.8. The van der Waals surface area contributed by atoms with Crippen LogP contribution in [0.3, 0.4) is 0 Å². The summed E-state index contributed by atoms with van der Waals surface area (Å²) in [5.41, 5.74) is -1.35. The van der Waals surface area contributed by atoms with Crippen LogP contribution >= 0.6 is 0 Å². The Labute approximate surface area is 91.2 Å². The van der Waals surface area contributed by atoms with Crippen LogP contribution in [0.25, 0.3) is 0 Å². The van der Waals surface area contributed by atoms with E-state index in [1.807, 2.05) is 20.8 Å². The lowest BCUT2D eigenvalue weighted by Gasteiger charge is -2.28. The third kappa shape index (κ3) is 2.39. The molecular weight excluding hydrogens is 192 g/mol. The summed E-state index contributed by atoms with van der Waals surface area (Å²) in [6, 6.07) is 0. The summed E-state index contributed by atoms with van der Waals surface area (Å²) in [7, 11) is 0. The number of carbonyl (C=O) groups is 2. The Morgan fingerprint density at radius 1 is 1.53 bits per heavy atom. The van der Waals surface area contributed by atoms with Crippen LogP contribution in [0.1, 0.15) is 53.4 Å². The maximum atomic E-state index is 11.8. The number of ketones is 1. The van der Waals surface area contributed by atoms with Crippen molar-refractivity contribution in [3.05, 3.63) is 0 Å². The fraction of sp³-hybridized carbons (Fsp3) is 0.833. The monoisotopic (exact) mass is 212 g/mol. The highest BCUT2D eigenvalue weighted by atomic mass is 16.6. The Balaban J connectivity index is 2.70. The summed E-state index contributed by atoms with van der Waals surface area (Å²) in [5, 5.41) is 0. The molecule has 0 heterocycles. The largest absolute Gasteiger partial charge is 0.451 e. The minimum Gasteiger partial charge on any atom is -0.451 e. The fourth-order valence-corrected chi connectivity index (χ4v) is 1.59. The molecule has 0 spiro atoms. The van der Waals surface area contributed by atoms with Crippen molar-refractivity contribution in [3.8, 4) is 0 Å². The molecule has 0 saturated heterocycles. The first-order valence-electron chi connectivity index (χ1n) is 5.58. The molecule has 3 heteroatoms. The van der Waals surface area contributed by atoms with Crippen LogP contribution in [0, 0.1) is 5.41 Å². The van der Waals surface area contributed by atoms with E-state index in [9.17, 15) is 9.59 Å². The van der Waals surface area contributed by atoms with Crippen molar-refractivity contribution in [2.45, 2.75) is 59.0 Å². The molecule has 1 fully saturated rings. The van der Waals surface area contributed by atoms with E-state index < -0.39 is 11.0 Å². The van der Waals surface area contributed by atoms with Crippen LogP contribution in [0.5, 0.6) is 0 Å². The molecule has 0 amide bonds. The van der Waals surface area contributed by atoms with Gasteiger partial charge < -0.3 is 4.74 Å². The van der Waals surface area contributed by atoms with Crippen molar-refractivity contribution in [2.75, 3.05) is 0 Å². The van der Waals surface area contributed by atoms with Crippen molar-refractivity contribution in [3.63, 3.8) is 0 Å². The van der Waals surface area contributed by atoms with Gasteiger partial charge in [-0.3, -0.25) is 9.59 Å². The first-order chi connectivity index (χ1) is 6.82. The van der Waals surface area contributed by atoms with Crippen molar-refractivity contribution < 1.29 is 14.3 Å². The highest BCUT2D eigenvalue weighted by Gasteiger charge is 2.43. The topological polar surface area (TPSA) is 43.4 Å². The molecule has 1 atom stereocenters. The van der Waals surface area contributed by atoms with E-state index >= 15 is 0 Å². The van der Waals surface area contributed by atoms with Crippen LogP contribution < -0.4 is 0 Å². The highest BCUT2D eigenvalue weighted by Crippen LogP contribution is 2.33. The van der Waals surface area contributed by atoms with Crippen molar-refractivity contribution >= 4 is 11.8 Å². The van der Waals surface area contributed by atoms with Gasteiger partial charge in [0.15, 0.2) is 11.4 Å². The van der Waals surface area contributed by atoms with Crippen LogP contribution in [0.4, 0.5) is 0 Å². The lowest BCUT2D eigenvalue weighted by molar-refractivity contribution is -0.172. The van der Waals surface area contributed by atoms with E-state index in [4.69, 9.17) is 4.74 Å². The predicted molar refractivity (Wildman–Crippen MR) is 57.4 cm³/mol. The van der Waals surface area contributed by atoms with Gasteiger partial charge in [-0.05, 0) is 40.0 Å². The average Bonchev–Trinajstić information content (AvgIpc) is 2.47. The van der Waals surface area contributed by atoms with Gasteiger partial charge in [-0.15, -0.1) is 0 Å². The molecule has 1 aliphatic carbocycles. The summed E-state index contributed by atoms with van der Waals surface area (Å²) < 4.78 is 5.38. The predicted octanol–water partition coefficient (Wildman–Crippen LogP) is 2.48. The minimum atomic E-state index is -0.858. The zero-order valence-electron chi connectivity index (χ0n) is 10.1. The average molecular weight is 212 g/mol. The molecule has 0 aromatic rings. The van der Waals surface area contributed by atoms with Crippen LogP contribution in [-0.2, 0) is 14.3 Å². The second kappa shape index (κ2) is 3.95. The Bertz CT molecular complexity index is 281.